The van der Waals surface area contributed by atoms with E-state index in [1.165, 1.54) is 13.0 Å². The fourth-order valence-corrected chi connectivity index (χ4v) is 4.90. The van der Waals surface area contributed by atoms with Crippen LogP contribution in [0, 0.1) is 5.82 Å². The minimum Gasteiger partial charge on any atom is -0.478 e. The molecule has 1 unspecified atom stereocenters. The summed E-state index contributed by atoms with van der Waals surface area (Å²) in [6.45, 7) is 5.07. The van der Waals surface area contributed by atoms with Gasteiger partial charge < -0.3 is 19.5 Å². The van der Waals surface area contributed by atoms with Gasteiger partial charge in [0, 0.05) is 50.5 Å². The summed E-state index contributed by atoms with van der Waals surface area (Å²) in [5, 5.41) is 9.22. The van der Waals surface area contributed by atoms with Crippen molar-refractivity contribution in [1.29, 1.82) is 0 Å². The molecular formula is C33H35FN4O5. The molecule has 0 spiro atoms. The van der Waals surface area contributed by atoms with Crippen molar-refractivity contribution in [2.45, 2.75) is 32.5 Å². The lowest BCUT2D eigenvalue weighted by Crippen LogP contribution is -2.45. The van der Waals surface area contributed by atoms with Crippen LogP contribution in [0.2, 0.25) is 0 Å². The van der Waals surface area contributed by atoms with Crippen LogP contribution < -0.4 is 4.74 Å². The number of aromatic carboxylic acids is 1. The Morgan fingerprint density at radius 1 is 1.16 bits per heavy atom. The molecule has 2 aliphatic rings. The van der Waals surface area contributed by atoms with Crippen molar-refractivity contribution in [3.8, 4) is 5.88 Å². The van der Waals surface area contributed by atoms with Crippen LogP contribution in [0.1, 0.15) is 51.7 Å². The van der Waals surface area contributed by atoms with Gasteiger partial charge in [0.15, 0.2) is 5.78 Å². The third-order valence-corrected chi connectivity index (χ3v) is 7.63. The van der Waals surface area contributed by atoms with Gasteiger partial charge in [0.1, 0.15) is 18.3 Å². The van der Waals surface area contributed by atoms with Crippen molar-refractivity contribution < 1.29 is 28.6 Å². The molecule has 2 aromatic carbocycles. The van der Waals surface area contributed by atoms with Crippen molar-refractivity contribution in [3.63, 3.8) is 0 Å². The summed E-state index contributed by atoms with van der Waals surface area (Å²) in [7, 11) is 2.01. The first-order chi connectivity index (χ1) is 20.7. The van der Waals surface area contributed by atoms with E-state index in [1.807, 2.05) is 19.2 Å². The van der Waals surface area contributed by atoms with Crippen LogP contribution in [-0.2, 0) is 11.3 Å². The van der Waals surface area contributed by atoms with Gasteiger partial charge >= 0.3 is 5.97 Å². The lowest BCUT2D eigenvalue weighted by molar-refractivity contribution is -0.0571. The van der Waals surface area contributed by atoms with E-state index in [0.717, 1.165) is 49.6 Å². The highest BCUT2D eigenvalue weighted by atomic mass is 19.1. The van der Waals surface area contributed by atoms with E-state index in [4.69, 9.17) is 14.5 Å². The molecule has 3 heterocycles. The second-order valence-electron chi connectivity index (χ2n) is 10.8. The van der Waals surface area contributed by atoms with Gasteiger partial charge in [0.2, 0.25) is 5.88 Å². The van der Waals surface area contributed by atoms with Crippen LogP contribution in [0.4, 0.5) is 10.1 Å². The molecule has 0 amide bonds. The number of ketones is 1. The van der Waals surface area contributed by atoms with E-state index in [1.54, 1.807) is 42.5 Å². The van der Waals surface area contributed by atoms with Crippen LogP contribution in [0.15, 0.2) is 71.7 Å². The van der Waals surface area contributed by atoms with E-state index >= 15 is 0 Å². The number of carbonyl (C=O) groups is 2. The molecule has 43 heavy (non-hydrogen) atoms. The molecule has 1 fully saturated rings. The van der Waals surface area contributed by atoms with Crippen LogP contribution in [0.25, 0.3) is 5.57 Å². The number of aromatic nitrogens is 1. The molecule has 9 nitrogen and oxygen atoms in total. The number of hydrogen-bond donors (Lipinski definition) is 1. The molecular weight excluding hydrogens is 551 g/mol. The largest absolute Gasteiger partial charge is 0.478 e. The van der Waals surface area contributed by atoms with E-state index in [0.29, 0.717) is 35.8 Å². The summed E-state index contributed by atoms with van der Waals surface area (Å²) >= 11 is 0. The maximum Gasteiger partial charge on any atom is 0.335 e. The predicted molar refractivity (Wildman–Crippen MR) is 161 cm³/mol. The minimum atomic E-state index is -0.966. The molecule has 5 rings (SSSR count). The Morgan fingerprint density at radius 2 is 1.93 bits per heavy atom. The molecule has 3 aromatic rings. The molecule has 10 heteroatoms. The molecule has 1 aromatic heterocycles. The van der Waals surface area contributed by atoms with Crippen molar-refractivity contribution >= 4 is 28.8 Å². The maximum absolute atomic E-state index is 14.4. The van der Waals surface area contributed by atoms with E-state index in [-0.39, 0.29) is 24.1 Å². The molecule has 0 bridgehead atoms. The van der Waals surface area contributed by atoms with Gasteiger partial charge in [-0.05, 0) is 61.7 Å². The molecule has 1 saturated heterocycles. The zero-order valence-electron chi connectivity index (χ0n) is 24.3. The third kappa shape index (κ3) is 7.91. The van der Waals surface area contributed by atoms with Crippen molar-refractivity contribution in [2.24, 2.45) is 4.99 Å². The highest BCUT2D eigenvalue weighted by Gasteiger charge is 2.23. The molecule has 0 aliphatic carbocycles. The highest BCUT2D eigenvalue weighted by Crippen LogP contribution is 2.24. The van der Waals surface area contributed by atoms with Crippen molar-refractivity contribution in [2.75, 3.05) is 39.8 Å². The number of ether oxygens (including phenoxy) is 2. The van der Waals surface area contributed by atoms with Gasteiger partial charge in [-0.15, -0.1) is 0 Å². The van der Waals surface area contributed by atoms with Gasteiger partial charge in [0.25, 0.3) is 0 Å². The molecule has 224 valence electrons. The number of carboxylic acids is 1. The Bertz CT molecular complexity index is 1530. The molecule has 2 aliphatic heterocycles. The first kappa shape index (κ1) is 30.1. The average molecular weight is 587 g/mol. The summed E-state index contributed by atoms with van der Waals surface area (Å²) in [6.07, 6.45) is 4.16. The average Bonchev–Trinajstić information content (AvgIpc) is 2.98. The number of amidine groups is 1. The Kier molecular flexibility index (Phi) is 9.58. The van der Waals surface area contributed by atoms with Crippen LogP contribution in [0.3, 0.4) is 0 Å². The van der Waals surface area contributed by atoms with Gasteiger partial charge in [-0.1, -0.05) is 24.3 Å². The van der Waals surface area contributed by atoms with Gasteiger partial charge in [0.05, 0.1) is 29.6 Å². The number of hydrogen-bond acceptors (Lipinski definition) is 7. The maximum atomic E-state index is 14.4. The van der Waals surface area contributed by atoms with Gasteiger partial charge in [-0.3, -0.25) is 9.69 Å². The predicted octanol–water partition coefficient (Wildman–Crippen LogP) is 5.24. The number of pyridine rings is 1. The number of carbonyl (C=O) groups excluding carboxylic acids is 1. The number of Topliss-reactive ketones (excluding diaryl/α,β-unsaturated/α-hetero) is 1. The standard InChI is InChI=1S/C33H35FN4O5/c1-22(39)25-6-7-26(29(34)18-25)21-43-32-5-3-4-30(36-32)23-12-15-38(16-13-23)20-31(37(2)19-28-14-17-42-28)35-27-10-8-24(9-11-27)33(40)41/h3-12,18,28H,13-17,19-21H2,1-2H3,(H,40,41). The van der Waals surface area contributed by atoms with E-state index in [2.05, 4.69) is 20.9 Å². The van der Waals surface area contributed by atoms with Crippen molar-refractivity contribution in [1.82, 2.24) is 14.8 Å². The van der Waals surface area contributed by atoms with Crippen LogP contribution in [-0.4, -0.2) is 83.4 Å². The molecule has 1 N–H and O–H groups in total. The summed E-state index contributed by atoms with van der Waals surface area (Å²) in [4.78, 5) is 36.7. The highest BCUT2D eigenvalue weighted by molar-refractivity contribution is 5.94. The van der Waals surface area contributed by atoms with Gasteiger partial charge in [-0.25, -0.2) is 19.2 Å². The monoisotopic (exact) mass is 586 g/mol. The lowest BCUT2D eigenvalue weighted by Gasteiger charge is -2.34. The summed E-state index contributed by atoms with van der Waals surface area (Å²) in [5.74, 6) is -0.352. The fraction of sp³-hybridized carbons (Fsp3) is 0.333. The summed E-state index contributed by atoms with van der Waals surface area (Å²) in [5.41, 5.74) is 3.53. The number of benzene rings is 2. The second kappa shape index (κ2) is 13.7. The van der Waals surface area contributed by atoms with Crippen LogP contribution >= 0.6 is 0 Å². The molecule has 1 atom stereocenters. The number of aliphatic imine (C=N–C) groups is 1. The summed E-state index contributed by atoms with van der Waals surface area (Å²) < 4.78 is 25.8. The van der Waals surface area contributed by atoms with Crippen molar-refractivity contribution in [3.05, 3.63) is 94.9 Å². The minimum absolute atomic E-state index is 0.00780. The summed E-state index contributed by atoms with van der Waals surface area (Å²) in [6, 6.07) is 16.5. The first-order valence-corrected chi connectivity index (χ1v) is 14.3. The number of likely N-dealkylation sites (N-methyl/N-ethyl adjacent to an activating group) is 1. The Balaban J connectivity index is 1.23. The van der Waals surface area contributed by atoms with Gasteiger partial charge in [-0.2, -0.15) is 0 Å². The first-order valence-electron chi connectivity index (χ1n) is 14.3. The number of rotatable bonds is 11. The number of halogens is 1. The van der Waals surface area contributed by atoms with E-state index in [9.17, 15) is 19.1 Å². The fourth-order valence-electron chi connectivity index (χ4n) is 4.90. The molecule has 0 saturated carbocycles. The SMILES string of the molecule is CC(=O)c1ccc(COc2cccc(C3=CCN(CC(=Nc4ccc(C(=O)O)cc4)N(C)CC4CCO4)CC3)n2)c(F)c1. The van der Waals surface area contributed by atoms with E-state index < -0.39 is 11.8 Å². The molecule has 0 radical (unpaired) electrons. The smallest absolute Gasteiger partial charge is 0.335 e. The Labute approximate surface area is 250 Å². The lowest BCUT2D eigenvalue weighted by atomic mass is 10.0. The quantitative estimate of drug-likeness (QED) is 0.185. The third-order valence-electron chi connectivity index (χ3n) is 7.63. The second-order valence-corrected chi connectivity index (χ2v) is 10.8. The number of nitrogens with zero attached hydrogens (tertiary/aromatic N) is 4. The Hall–Kier alpha value is -4.41. The number of carboxylic acid groups (broad SMARTS) is 1. The topological polar surface area (TPSA) is 105 Å². The Morgan fingerprint density at radius 3 is 2.56 bits per heavy atom. The zero-order chi connectivity index (χ0) is 30.3. The zero-order valence-corrected chi connectivity index (χ0v) is 24.3. The normalized spacial score (nSPS) is 17.1. The van der Waals surface area contributed by atoms with Crippen LogP contribution in [0.5, 0.6) is 5.88 Å².